The van der Waals surface area contributed by atoms with Crippen molar-refractivity contribution in [3.8, 4) is 0 Å². The number of nitrogens with one attached hydrogen (secondary N) is 1. The molecule has 1 aromatic heterocycles. The molecule has 1 N–H and O–H groups in total. The first-order chi connectivity index (χ1) is 12.3. The Morgan fingerprint density at radius 2 is 2.04 bits per heavy atom. The van der Waals surface area contributed by atoms with E-state index < -0.39 is 18.6 Å². The molecule has 0 spiro atoms. The van der Waals surface area contributed by atoms with Gasteiger partial charge in [-0.3, -0.25) is 9.48 Å². The van der Waals surface area contributed by atoms with E-state index in [4.69, 9.17) is 0 Å². The number of alkyl halides is 3. The lowest BCUT2D eigenvalue weighted by Gasteiger charge is -2.30. The number of halogens is 3. The average molecular weight is 365 g/mol. The highest BCUT2D eigenvalue weighted by molar-refractivity contribution is 5.93. The van der Waals surface area contributed by atoms with E-state index in [-0.39, 0.29) is 11.0 Å². The van der Waals surface area contributed by atoms with Gasteiger partial charge in [0.2, 0.25) is 0 Å². The van der Waals surface area contributed by atoms with Crippen LogP contribution in [-0.4, -0.2) is 28.4 Å². The molecule has 1 amide bonds. The largest absolute Gasteiger partial charge is 0.408 e. The standard InChI is InChI=1S/C19H22F3N3O/c1-14-5-4-6-16(9-14)18(7-2-3-8-18)12-23-17(26)15-10-24-25(11-15)13-19(20,21)22/h4-6,9-11H,2-3,7-8,12-13H2,1H3,(H,23,26). The molecule has 140 valence electrons. The van der Waals surface area contributed by atoms with Crippen LogP contribution < -0.4 is 5.32 Å². The minimum absolute atomic E-state index is 0.107. The molecule has 0 radical (unpaired) electrons. The average Bonchev–Trinajstić information content (AvgIpc) is 3.21. The Labute approximate surface area is 150 Å². The minimum Gasteiger partial charge on any atom is -0.351 e. The Morgan fingerprint density at radius 1 is 1.31 bits per heavy atom. The third-order valence-electron chi connectivity index (χ3n) is 5.02. The molecule has 3 rings (SSSR count). The molecule has 0 atom stereocenters. The molecule has 0 unspecified atom stereocenters. The van der Waals surface area contributed by atoms with Crippen LogP contribution in [0.2, 0.25) is 0 Å². The number of amides is 1. The molecular weight excluding hydrogens is 343 g/mol. The maximum absolute atomic E-state index is 12.4. The monoisotopic (exact) mass is 365 g/mol. The third-order valence-corrected chi connectivity index (χ3v) is 5.02. The number of benzene rings is 1. The van der Waals surface area contributed by atoms with Crippen LogP contribution in [0.25, 0.3) is 0 Å². The predicted octanol–water partition coefficient (Wildman–Crippen LogP) is 4.00. The van der Waals surface area contributed by atoms with Crippen molar-refractivity contribution in [1.82, 2.24) is 15.1 Å². The van der Waals surface area contributed by atoms with E-state index in [0.717, 1.165) is 36.6 Å². The summed E-state index contributed by atoms with van der Waals surface area (Å²) in [4.78, 5) is 12.4. The topological polar surface area (TPSA) is 46.9 Å². The molecule has 1 aliphatic rings. The first kappa shape index (κ1) is 18.5. The van der Waals surface area contributed by atoms with Crippen molar-refractivity contribution < 1.29 is 18.0 Å². The highest BCUT2D eigenvalue weighted by Crippen LogP contribution is 2.40. The molecule has 1 saturated carbocycles. The van der Waals surface area contributed by atoms with E-state index in [1.807, 2.05) is 19.1 Å². The van der Waals surface area contributed by atoms with Crippen LogP contribution in [0.3, 0.4) is 0 Å². The highest BCUT2D eigenvalue weighted by atomic mass is 19.4. The van der Waals surface area contributed by atoms with E-state index in [1.165, 1.54) is 17.3 Å². The summed E-state index contributed by atoms with van der Waals surface area (Å²) in [6.45, 7) is 1.31. The second-order valence-electron chi connectivity index (χ2n) is 7.08. The Morgan fingerprint density at radius 3 is 2.69 bits per heavy atom. The van der Waals surface area contributed by atoms with Gasteiger partial charge in [0, 0.05) is 18.2 Å². The van der Waals surface area contributed by atoms with Gasteiger partial charge in [0.25, 0.3) is 5.91 Å². The Kier molecular flexibility index (Phi) is 5.07. The Hall–Kier alpha value is -2.31. The molecule has 1 aliphatic carbocycles. The normalized spacial score (nSPS) is 16.6. The van der Waals surface area contributed by atoms with E-state index >= 15 is 0 Å². The summed E-state index contributed by atoms with van der Waals surface area (Å²) >= 11 is 0. The first-order valence-corrected chi connectivity index (χ1v) is 8.72. The van der Waals surface area contributed by atoms with Gasteiger partial charge in [-0.15, -0.1) is 0 Å². The molecule has 4 nitrogen and oxygen atoms in total. The lowest BCUT2D eigenvalue weighted by atomic mass is 9.78. The van der Waals surface area contributed by atoms with Gasteiger partial charge in [-0.05, 0) is 25.3 Å². The van der Waals surface area contributed by atoms with Crippen LogP contribution >= 0.6 is 0 Å². The maximum atomic E-state index is 12.4. The molecule has 0 bridgehead atoms. The number of rotatable bonds is 5. The van der Waals surface area contributed by atoms with Gasteiger partial charge in [0.15, 0.2) is 0 Å². The molecule has 0 aliphatic heterocycles. The second-order valence-corrected chi connectivity index (χ2v) is 7.08. The molecule has 1 fully saturated rings. The summed E-state index contributed by atoms with van der Waals surface area (Å²) in [6, 6.07) is 8.30. The third kappa shape index (κ3) is 4.26. The van der Waals surface area contributed by atoms with Gasteiger partial charge >= 0.3 is 6.18 Å². The zero-order chi connectivity index (χ0) is 18.8. The molecule has 1 aromatic carbocycles. The van der Waals surface area contributed by atoms with Gasteiger partial charge in [-0.1, -0.05) is 42.7 Å². The SMILES string of the molecule is Cc1cccc(C2(CNC(=O)c3cnn(CC(F)(F)F)c3)CCCC2)c1. The number of carbonyl (C=O) groups excluding carboxylic acids is 1. The molecule has 1 heterocycles. The quantitative estimate of drug-likeness (QED) is 0.871. The number of carbonyl (C=O) groups is 1. The Bertz CT molecular complexity index is 776. The zero-order valence-electron chi connectivity index (χ0n) is 14.6. The van der Waals surface area contributed by atoms with Gasteiger partial charge in [-0.25, -0.2) is 0 Å². The first-order valence-electron chi connectivity index (χ1n) is 8.72. The number of aryl methyl sites for hydroxylation is 1. The fourth-order valence-corrected chi connectivity index (χ4v) is 3.70. The minimum atomic E-state index is -4.36. The van der Waals surface area contributed by atoms with E-state index in [2.05, 4.69) is 22.5 Å². The summed E-state index contributed by atoms with van der Waals surface area (Å²) < 4.78 is 38.0. The van der Waals surface area contributed by atoms with Gasteiger partial charge < -0.3 is 5.32 Å². The van der Waals surface area contributed by atoms with E-state index in [0.29, 0.717) is 6.54 Å². The fourth-order valence-electron chi connectivity index (χ4n) is 3.70. The zero-order valence-corrected chi connectivity index (χ0v) is 14.6. The number of hydrogen-bond donors (Lipinski definition) is 1. The second kappa shape index (κ2) is 7.13. The van der Waals surface area contributed by atoms with Crippen LogP contribution in [-0.2, 0) is 12.0 Å². The maximum Gasteiger partial charge on any atom is 0.408 e. The van der Waals surface area contributed by atoms with Crippen molar-refractivity contribution in [2.75, 3.05) is 6.54 Å². The summed E-state index contributed by atoms with van der Waals surface area (Å²) in [6.07, 6.45) is 2.14. The van der Waals surface area contributed by atoms with Crippen LogP contribution in [0.15, 0.2) is 36.7 Å². The summed E-state index contributed by atoms with van der Waals surface area (Å²) in [5.74, 6) is -0.391. The number of nitrogens with zero attached hydrogens (tertiary/aromatic N) is 2. The molecule has 2 aromatic rings. The van der Waals surface area contributed by atoms with Crippen molar-refractivity contribution in [3.63, 3.8) is 0 Å². The molecule has 26 heavy (non-hydrogen) atoms. The number of aromatic nitrogens is 2. The van der Waals surface area contributed by atoms with Crippen molar-refractivity contribution in [2.24, 2.45) is 0 Å². The number of hydrogen-bond acceptors (Lipinski definition) is 2. The fraction of sp³-hybridized carbons (Fsp3) is 0.474. The van der Waals surface area contributed by atoms with Crippen LogP contribution in [0.1, 0.15) is 47.2 Å². The summed E-state index contributed by atoms with van der Waals surface area (Å²) in [7, 11) is 0. The van der Waals surface area contributed by atoms with E-state index in [9.17, 15) is 18.0 Å². The van der Waals surface area contributed by atoms with Gasteiger partial charge in [-0.2, -0.15) is 18.3 Å². The smallest absolute Gasteiger partial charge is 0.351 e. The molecule has 7 heteroatoms. The van der Waals surface area contributed by atoms with Crippen molar-refractivity contribution >= 4 is 5.91 Å². The lowest BCUT2D eigenvalue weighted by Crippen LogP contribution is -2.39. The van der Waals surface area contributed by atoms with Crippen LogP contribution in [0.5, 0.6) is 0 Å². The van der Waals surface area contributed by atoms with Crippen LogP contribution in [0, 0.1) is 6.92 Å². The summed E-state index contributed by atoms with van der Waals surface area (Å²) in [5.41, 5.74) is 2.42. The summed E-state index contributed by atoms with van der Waals surface area (Å²) in [5, 5.41) is 6.53. The van der Waals surface area contributed by atoms with Crippen molar-refractivity contribution in [3.05, 3.63) is 53.3 Å². The lowest BCUT2D eigenvalue weighted by molar-refractivity contribution is -0.142. The highest BCUT2D eigenvalue weighted by Gasteiger charge is 2.36. The Balaban J connectivity index is 1.69. The van der Waals surface area contributed by atoms with Crippen molar-refractivity contribution in [2.45, 2.75) is 50.7 Å². The predicted molar refractivity (Wildman–Crippen MR) is 91.9 cm³/mol. The van der Waals surface area contributed by atoms with E-state index in [1.54, 1.807) is 0 Å². The van der Waals surface area contributed by atoms with Gasteiger partial charge in [0.1, 0.15) is 6.54 Å². The van der Waals surface area contributed by atoms with Crippen molar-refractivity contribution in [1.29, 1.82) is 0 Å². The van der Waals surface area contributed by atoms with Gasteiger partial charge in [0.05, 0.1) is 11.8 Å². The molecular formula is C19H22F3N3O. The van der Waals surface area contributed by atoms with Crippen LogP contribution in [0.4, 0.5) is 13.2 Å². The molecule has 0 saturated heterocycles.